The fraction of sp³-hybridized carbons (Fsp3) is 0.682. The monoisotopic (exact) mass is 779 g/mol. The number of esters is 2. The Morgan fingerprint density at radius 1 is 0.593 bits per heavy atom. The maximum absolute atomic E-state index is 12.6. The Kier molecular flexibility index (Phi) is 34.4. The molecule has 0 aliphatic carbocycles. The fourth-order valence-electron chi connectivity index (χ4n) is 4.96. The second-order valence-electron chi connectivity index (χ2n) is 14.6. The lowest BCUT2D eigenvalue weighted by Crippen LogP contribution is -2.37. The molecule has 54 heavy (non-hydrogen) atoms. The standard InChI is InChI=1S/C44H76NO8P/c1-6-8-10-12-14-16-18-19-20-21-22-23-24-25-27-28-30-32-34-36-43(46)50-40-42(41-52-54(48,49)51-39-38-45(3,4)5)53-44(47)37-35-33-31-29-26-17-15-13-11-9-7-2/h8,10,13-16,19-20,22-23,25,27,42H,6-7,9,11-12,17-18,21,24,26,28-41H2,1-5H3/p+1/b10-8-,15-13-,16-14-,20-19-,23-22-,27-25-/t42-/m1/s1. The molecule has 10 heteroatoms. The fourth-order valence-corrected chi connectivity index (χ4v) is 5.70. The lowest BCUT2D eigenvalue weighted by atomic mass is 10.1. The smallest absolute Gasteiger partial charge is 0.462 e. The zero-order valence-corrected chi connectivity index (χ0v) is 35.6. The first-order chi connectivity index (χ1) is 26.0. The van der Waals surface area contributed by atoms with Crippen molar-refractivity contribution in [3.8, 4) is 0 Å². The minimum Gasteiger partial charge on any atom is -0.462 e. The molecule has 0 amide bonds. The van der Waals surface area contributed by atoms with Gasteiger partial charge in [-0.25, -0.2) is 4.57 Å². The average molecular weight is 779 g/mol. The number of hydrogen-bond donors (Lipinski definition) is 1. The molecule has 9 nitrogen and oxygen atoms in total. The van der Waals surface area contributed by atoms with Gasteiger partial charge in [-0.1, -0.05) is 125 Å². The molecule has 1 unspecified atom stereocenters. The average Bonchev–Trinajstić information content (AvgIpc) is 3.12. The van der Waals surface area contributed by atoms with Gasteiger partial charge in [-0.15, -0.1) is 0 Å². The molecule has 0 heterocycles. The van der Waals surface area contributed by atoms with E-state index in [2.05, 4.69) is 86.8 Å². The highest BCUT2D eigenvalue weighted by Crippen LogP contribution is 2.43. The van der Waals surface area contributed by atoms with Gasteiger partial charge >= 0.3 is 19.8 Å². The summed E-state index contributed by atoms with van der Waals surface area (Å²) < 4.78 is 34.2. The number of phosphoric acid groups is 1. The van der Waals surface area contributed by atoms with Gasteiger partial charge < -0.3 is 18.9 Å². The Morgan fingerprint density at radius 2 is 1.06 bits per heavy atom. The van der Waals surface area contributed by atoms with Crippen LogP contribution in [-0.4, -0.2) is 74.9 Å². The van der Waals surface area contributed by atoms with E-state index in [1.165, 1.54) is 12.8 Å². The van der Waals surface area contributed by atoms with Crippen LogP contribution in [0.5, 0.6) is 0 Å². The van der Waals surface area contributed by atoms with Gasteiger partial charge in [-0.3, -0.25) is 18.6 Å². The first-order valence-corrected chi connectivity index (χ1v) is 22.2. The molecule has 310 valence electrons. The molecule has 0 saturated heterocycles. The van der Waals surface area contributed by atoms with E-state index < -0.39 is 32.5 Å². The molecule has 0 rings (SSSR count). The zero-order valence-electron chi connectivity index (χ0n) is 34.7. The van der Waals surface area contributed by atoms with Crippen molar-refractivity contribution in [1.29, 1.82) is 0 Å². The van der Waals surface area contributed by atoms with Crippen LogP contribution in [0.1, 0.15) is 142 Å². The van der Waals surface area contributed by atoms with E-state index in [1.807, 2.05) is 21.1 Å². The van der Waals surface area contributed by atoms with Gasteiger partial charge in [-0.2, -0.15) is 0 Å². The van der Waals surface area contributed by atoms with Crippen molar-refractivity contribution < 1.29 is 42.1 Å². The highest BCUT2D eigenvalue weighted by Gasteiger charge is 2.27. The van der Waals surface area contributed by atoms with Crippen LogP contribution in [0.4, 0.5) is 0 Å². The molecule has 0 fully saturated rings. The van der Waals surface area contributed by atoms with Crippen LogP contribution >= 0.6 is 7.82 Å². The minimum atomic E-state index is -4.38. The number of allylic oxidation sites excluding steroid dienone is 12. The van der Waals surface area contributed by atoms with E-state index >= 15 is 0 Å². The molecule has 0 radical (unpaired) electrons. The first kappa shape index (κ1) is 51.5. The molecule has 0 aliphatic heterocycles. The van der Waals surface area contributed by atoms with Crippen molar-refractivity contribution in [2.45, 2.75) is 148 Å². The number of nitrogens with zero attached hydrogens (tertiary/aromatic N) is 1. The quantitative estimate of drug-likeness (QED) is 0.0220. The van der Waals surface area contributed by atoms with Crippen molar-refractivity contribution in [1.82, 2.24) is 0 Å². The highest BCUT2D eigenvalue weighted by atomic mass is 31.2. The summed E-state index contributed by atoms with van der Waals surface area (Å²) in [6.07, 6.45) is 43.8. The van der Waals surface area contributed by atoms with Crippen molar-refractivity contribution in [3.05, 3.63) is 72.9 Å². The number of quaternary nitrogens is 1. The van der Waals surface area contributed by atoms with Crippen LogP contribution in [-0.2, 0) is 32.7 Å². The molecule has 0 aromatic carbocycles. The molecule has 2 atom stereocenters. The molecule has 0 aliphatic rings. The number of likely N-dealkylation sites (N-methyl/N-ethyl adjacent to an activating group) is 1. The largest absolute Gasteiger partial charge is 0.472 e. The van der Waals surface area contributed by atoms with Gasteiger partial charge in [0.2, 0.25) is 0 Å². The second kappa shape index (κ2) is 36.1. The molecule has 0 aromatic rings. The van der Waals surface area contributed by atoms with Gasteiger partial charge in [0.1, 0.15) is 19.8 Å². The van der Waals surface area contributed by atoms with Crippen LogP contribution in [0, 0.1) is 0 Å². The van der Waals surface area contributed by atoms with E-state index in [-0.39, 0.29) is 26.1 Å². The summed E-state index contributed by atoms with van der Waals surface area (Å²) in [7, 11) is 1.44. The summed E-state index contributed by atoms with van der Waals surface area (Å²) in [5.74, 6) is -0.857. The summed E-state index contributed by atoms with van der Waals surface area (Å²) in [5, 5.41) is 0. The molecule has 0 bridgehead atoms. The number of ether oxygens (including phenoxy) is 2. The maximum atomic E-state index is 12.6. The predicted octanol–water partition coefficient (Wildman–Crippen LogP) is 11.5. The SMILES string of the molecule is CC/C=C\C/C=C\C/C=C\C/C=C\C/C=C\CCCCCC(=O)OC[C@H](COP(=O)(O)OCC[N+](C)(C)C)OC(=O)CCCCCCC/C=C\CCCC. The third-order valence-corrected chi connectivity index (χ3v) is 9.20. The maximum Gasteiger partial charge on any atom is 0.472 e. The summed E-state index contributed by atoms with van der Waals surface area (Å²) in [4.78, 5) is 35.2. The number of carbonyl (C=O) groups is 2. The van der Waals surface area contributed by atoms with E-state index in [4.69, 9.17) is 18.5 Å². The summed E-state index contributed by atoms with van der Waals surface area (Å²) in [5.41, 5.74) is 0. The second-order valence-corrected chi connectivity index (χ2v) is 16.1. The number of phosphoric ester groups is 1. The third-order valence-electron chi connectivity index (χ3n) is 8.22. The molecule has 0 spiro atoms. The van der Waals surface area contributed by atoms with Crippen molar-refractivity contribution >= 4 is 19.8 Å². The third kappa shape index (κ3) is 39.2. The highest BCUT2D eigenvalue weighted by molar-refractivity contribution is 7.47. The summed E-state index contributed by atoms with van der Waals surface area (Å²) >= 11 is 0. The number of rotatable bonds is 36. The van der Waals surface area contributed by atoms with E-state index in [0.29, 0.717) is 23.9 Å². The molecular formula is C44H77NO8P+. The van der Waals surface area contributed by atoms with Crippen LogP contribution in [0.3, 0.4) is 0 Å². The van der Waals surface area contributed by atoms with Crippen LogP contribution < -0.4 is 0 Å². The topological polar surface area (TPSA) is 108 Å². The molecule has 1 N–H and O–H groups in total. The van der Waals surface area contributed by atoms with E-state index in [0.717, 1.165) is 89.9 Å². The van der Waals surface area contributed by atoms with Crippen LogP contribution in [0.25, 0.3) is 0 Å². The van der Waals surface area contributed by atoms with Gasteiger partial charge in [-0.05, 0) is 77.0 Å². The summed E-state index contributed by atoms with van der Waals surface area (Å²) in [6, 6.07) is 0. The molecular weight excluding hydrogens is 701 g/mol. The zero-order chi connectivity index (χ0) is 40.0. The summed E-state index contributed by atoms with van der Waals surface area (Å²) in [6.45, 7) is 4.19. The predicted molar refractivity (Wildman–Crippen MR) is 224 cm³/mol. The van der Waals surface area contributed by atoms with Crippen LogP contribution in [0.2, 0.25) is 0 Å². The van der Waals surface area contributed by atoms with Crippen molar-refractivity contribution in [2.24, 2.45) is 0 Å². The van der Waals surface area contributed by atoms with Crippen LogP contribution in [0.15, 0.2) is 72.9 Å². The Labute approximate surface area is 329 Å². The normalized spacial score (nSPS) is 14.4. The van der Waals surface area contributed by atoms with Gasteiger partial charge in [0.05, 0.1) is 27.7 Å². The van der Waals surface area contributed by atoms with Crippen molar-refractivity contribution in [3.63, 3.8) is 0 Å². The Balaban J connectivity index is 4.45. The van der Waals surface area contributed by atoms with Gasteiger partial charge in [0.15, 0.2) is 6.10 Å². The van der Waals surface area contributed by atoms with Gasteiger partial charge in [0.25, 0.3) is 0 Å². The van der Waals surface area contributed by atoms with Gasteiger partial charge in [0, 0.05) is 12.8 Å². The molecule has 0 saturated carbocycles. The Bertz CT molecular complexity index is 1150. The Hall–Kier alpha value is -2.55. The Morgan fingerprint density at radius 3 is 1.61 bits per heavy atom. The number of unbranched alkanes of at least 4 members (excludes halogenated alkanes) is 10. The number of carbonyl (C=O) groups excluding carboxylic acids is 2. The first-order valence-electron chi connectivity index (χ1n) is 20.7. The van der Waals surface area contributed by atoms with E-state index in [9.17, 15) is 19.0 Å². The van der Waals surface area contributed by atoms with E-state index in [1.54, 1.807) is 0 Å². The number of hydrogen-bond acceptors (Lipinski definition) is 7. The lowest BCUT2D eigenvalue weighted by Gasteiger charge is -2.24. The van der Waals surface area contributed by atoms with Crippen molar-refractivity contribution in [2.75, 3.05) is 47.5 Å². The molecule has 0 aromatic heterocycles. The minimum absolute atomic E-state index is 0.0208. The lowest BCUT2D eigenvalue weighted by molar-refractivity contribution is -0.870.